The van der Waals surface area contributed by atoms with Gasteiger partial charge in [-0.15, -0.1) is 0 Å². The summed E-state index contributed by atoms with van der Waals surface area (Å²) >= 11 is 5.86. The topological polar surface area (TPSA) is 64.4 Å². The molecule has 0 unspecified atom stereocenters. The van der Waals surface area contributed by atoms with Crippen LogP contribution in [0, 0.1) is 17.7 Å². The highest BCUT2D eigenvalue weighted by atomic mass is 35.5. The van der Waals surface area contributed by atoms with Crippen molar-refractivity contribution in [3.63, 3.8) is 0 Å². The first-order valence-electron chi connectivity index (χ1n) is 11.4. The van der Waals surface area contributed by atoms with Gasteiger partial charge in [-0.05, 0) is 62.6 Å². The molecular weight excluding hydrogens is 433 g/mol. The molecule has 1 amide bonds. The Bertz CT molecular complexity index is 985. The van der Waals surface area contributed by atoms with Crippen molar-refractivity contribution in [2.24, 2.45) is 11.8 Å². The highest BCUT2D eigenvalue weighted by Crippen LogP contribution is 2.32. The highest BCUT2D eigenvalue weighted by molar-refractivity contribution is 6.30. The molecule has 2 heterocycles. The van der Waals surface area contributed by atoms with Gasteiger partial charge in [0.05, 0.1) is 37.5 Å². The Morgan fingerprint density at radius 2 is 2.03 bits per heavy atom. The van der Waals surface area contributed by atoms with E-state index in [-0.39, 0.29) is 23.6 Å². The molecule has 1 saturated carbocycles. The molecule has 0 radical (unpaired) electrons. The minimum Gasteiger partial charge on any atom is -0.466 e. The molecule has 0 N–H and O–H groups in total. The molecule has 0 spiro atoms. The van der Waals surface area contributed by atoms with Gasteiger partial charge >= 0.3 is 5.97 Å². The van der Waals surface area contributed by atoms with Crippen LogP contribution in [0.3, 0.4) is 0 Å². The molecule has 0 atom stereocenters. The van der Waals surface area contributed by atoms with Crippen LogP contribution >= 0.6 is 11.6 Å². The van der Waals surface area contributed by atoms with Crippen LogP contribution in [0.1, 0.15) is 55.8 Å². The Balaban J connectivity index is 1.34. The summed E-state index contributed by atoms with van der Waals surface area (Å²) in [4.78, 5) is 26.8. The van der Waals surface area contributed by atoms with Crippen LogP contribution in [0.2, 0.25) is 5.02 Å². The Morgan fingerprint density at radius 3 is 2.75 bits per heavy atom. The molecule has 1 aliphatic carbocycles. The van der Waals surface area contributed by atoms with Crippen molar-refractivity contribution in [3.05, 3.63) is 52.1 Å². The van der Waals surface area contributed by atoms with Gasteiger partial charge in [0.25, 0.3) is 0 Å². The summed E-state index contributed by atoms with van der Waals surface area (Å²) in [5, 5.41) is 4.80. The van der Waals surface area contributed by atoms with Gasteiger partial charge in [0.2, 0.25) is 5.91 Å². The summed E-state index contributed by atoms with van der Waals surface area (Å²) in [5.74, 6) is -0.0418. The number of hydrogen-bond acceptors (Lipinski definition) is 4. The van der Waals surface area contributed by atoms with Crippen LogP contribution in [0.25, 0.3) is 0 Å². The van der Waals surface area contributed by atoms with Crippen LogP contribution < -0.4 is 0 Å². The average Bonchev–Trinajstić information content (AvgIpc) is 3.18. The van der Waals surface area contributed by atoms with Crippen LogP contribution in [-0.2, 0) is 33.8 Å². The summed E-state index contributed by atoms with van der Waals surface area (Å²) < 4.78 is 21.2. The number of carbonyl (C=O) groups excluding carboxylic acids is 2. The second-order valence-electron chi connectivity index (χ2n) is 8.75. The Morgan fingerprint density at radius 1 is 1.25 bits per heavy atom. The second kappa shape index (κ2) is 10.0. The largest absolute Gasteiger partial charge is 0.466 e. The summed E-state index contributed by atoms with van der Waals surface area (Å²) in [6.45, 7) is 3.70. The van der Waals surface area contributed by atoms with Crippen molar-refractivity contribution in [3.8, 4) is 0 Å². The number of amides is 1. The van der Waals surface area contributed by atoms with E-state index in [4.69, 9.17) is 16.3 Å². The number of carbonyl (C=O) groups is 2. The molecule has 2 aliphatic rings. The summed E-state index contributed by atoms with van der Waals surface area (Å²) in [6, 6.07) is 4.64. The SMILES string of the molecule is CCOC(=O)C1CCC(CC(=O)N2CCc3cnn(Cc4ccc(Cl)cc4F)c3C2)CC1. The Hall–Kier alpha value is -2.41. The smallest absolute Gasteiger partial charge is 0.308 e. The molecular formula is C24H29ClFN3O3. The second-order valence-corrected chi connectivity index (χ2v) is 9.19. The standard InChI is InChI=1S/C24H29ClFN3O3/c1-2-32-24(31)17-5-3-16(4-6-17)11-23(30)28-10-9-18-13-27-29(22(18)15-28)14-19-7-8-20(25)12-21(19)26/h7-8,12-13,16-17H,2-6,9-11,14-15H2,1H3. The molecule has 172 valence electrons. The molecule has 1 aliphatic heterocycles. The highest BCUT2D eigenvalue weighted by Gasteiger charge is 2.31. The number of benzene rings is 1. The van der Waals surface area contributed by atoms with Gasteiger partial charge in [-0.2, -0.15) is 5.10 Å². The van der Waals surface area contributed by atoms with E-state index in [2.05, 4.69) is 5.10 Å². The van der Waals surface area contributed by atoms with Crippen LogP contribution in [-0.4, -0.2) is 39.7 Å². The molecule has 0 saturated heterocycles. The third kappa shape index (κ3) is 5.14. The third-order valence-corrected chi connectivity index (χ3v) is 6.88. The normalized spacial score (nSPS) is 20.7. The van der Waals surface area contributed by atoms with Gasteiger partial charge in [-0.25, -0.2) is 4.39 Å². The number of rotatable bonds is 6. The van der Waals surface area contributed by atoms with Gasteiger partial charge in [0, 0.05) is 23.6 Å². The zero-order valence-corrected chi connectivity index (χ0v) is 19.1. The van der Waals surface area contributed by atoms with E-state index < -0.39 is 0 Å². The molecule has 32 heavy (non-hydrogen) atoms. The van der Waals surface area contributed by atoms with Crippen LogP contribution in [0.5, 0.6) is 0 Å². The maximum absolute atomic E-state index is 14.2. The molecule has 1 fully saturated rings. The molecule has 6 nitrogen and oxygen atoms in total. The van der Waals surface area contributed by atoms with Crippen molar-refractivity contribution >= 4 is 23.5 Å². The number of ether oxygens (including phenoxy) is 1. The van der Waals surface area contributed by atoms with E-state index in [0.29, 0.717) is 49.2 Å². The molecule has 8 heteroatoms. The zero-order chi connectivity index (χ0) is 22.7. The fourth-order valence-electron chi connectivity index (χ4n) is 4.76. The van der Waals surface area contributed by atoms with Gasteiger partial charge in [0.15, 0.2) is 0 Å². The lowest BCUT2D eigenvalue weighted by Crippen LogP contribution is -2.38. The van der Waals surface area contributed by atoms with E-state index in [1.807, 2.05) is 18.0 Å². The average molecular weight is 462 g/mol. The fourth-order valence-corrected chi connectivity index (χ4v) is 4.91. The first-order valence-corrected chi connectivity index (χ1v) is 11.7. The lowest BCUT2D eigenvalue weighted by atomic mass is 9.80. The van der Waals surface area contributed by atoms with Gasteiger partial charge in [-0.1, -0.05) is 17.7 Å². The molecule has 2 aromatic rings. The predicted octanol–water partition coefficient (Wildman–Crippen LogP) is 4.37. The number of nitrogens with zero attached hydrogens (tertiary/aromatic N) is 3. The van der Waals surface area contributed by atoms with Crippen molar-refractivity contribution in [1.82, 2.24) is 14.7 Å². The maximum Gasteiger partial charge on any atom is 0.308 e. The van der Waals surface area contributed by atoms with Crippen LogP contribution in [0.15, 0.2) is 24.4 Å². The van der Waals surface area contributed by atoms with E-state index >= 15 is 0 Å². The Labute approximate surface area is 192 Å². The number of halogens is 2. The van der Waals surface area contributed by atoms with Gasteiger partial charge in [0.1, 0.15) is 5.82 Å². The number of aromatic nitrogens is 2. The van der Waals surface area contributed by atoms with Crippen molar-refractivity contribution in [1.29, 1.82) is 0 Å². The quantitative estimate of drug-likeness (QED) is 0.599. The number of hydrogen-bond donors (Lipinski definition) is 0. The monoisotopic (exact) mass is 461 g/mol. The van der Waals surface area contributed by atoms with Crippen molar-refractivity contribution in [2.75, 3.05) is 13.2 Å². The van der Waals surface area contributed by atoms with Crippen molar-refractivity contribution in [2.45, 2.75) is 58.5 Å². The van der Waals surface area contributed by atoms with E-state index in [0.717, 1.165) is 43.4 Å². The predicted molar refractivity (Wildman–Crippen MR) is 119 cm³/mol. The van der Waals surface area contributed by atoms with Crippen LogP contribution in [0.4, 0.5) is 4.39 Å². The third-order valence-electron chi connectivity index (χ3n) is 6.64. The van der Waals surface area contributed by atoms with Crippen molar-refractivity contribution < 1.29 is 18.7 Å². The van der Waals surface area contributed by atoms with E-state index in [1.165, 1.54) is 6.07 Å². The Kier molecular flexibility index (Phi) is 7.13. The van der Waals surface area contributed by atoms with Gasteiger partial charge < -0.3 is 9.64 Å². The summed E-state index contributed by atoms with van der Waals surface area (Å²) in [5.41, 5.74) is 2.59. The molecule has 1 aromatic heterocycles. The minimum absolute atomic E-state index is 0.0264. The first kappa shape index (κ1) is 22.8. The fraction of sp³-hybridized carbons (Fsp3) is 0.542. The van der Waals surface area contributed by atoms with E-state index in [1.54, 1.807) is 16.8 Å². The maximum atomic E-state index is 14.2. The van der Waals surface area contributed by atoms with Gasteiger partial charge in [-0.3, -0.25) is 14.3 Å². The molecule has 0 bridgehead atoms. The minimum atomic E-state index is -0.357. The summed E-state index contributed by atoms with van der Waals surface area (Å²) in [7, 11) is 0. The van der Waals surface area contributed by atoms with E-state index in [9.17, 15) is 14.0 Å². The molecule has 4 rings (SSSR count). The zero-order valence-electron chi connectivity index (χ0n) is 18.4. The number of fused-ring (bicyclic) bond motifs is 1. The number of esters is 1. The first-order chi connectivity index (χ1) is 15.4. The lowest BCUT2D eigenvalue weighted by molar-refractivity contribution is -0.149. The lowest BCUT2D eigenvalue weighted by Gasteiger charge is -2.31. The molecule has 1 aromatic carbocycles. The summed E-state index contributed by atoms with van der Waals surface area (Å²) in [6.07, 6.45) is 6.41.